The molecule has 1 saturated heterocycles. The summed E-state index contributed by atoms with van der Waals surface area (Å²) >= 11 is 0. The zero-order valence-electron chi connectivity index (χ0n) is 14.0. The molecule has 0 bridgehead atoms. The summed E-state index contributed by atoms with van der Waals surface area (Å²) in [7, 11) is 0. The summed E-state index contributed by atoms with van der Waals surface area (Å²) < 4.78 is 3.87. The molecule has 0 N–H and O–H groups in total. The Kier molecular flexibility index (Phi) is 4.33. The average molecular weight is 335 g/mol. The number of carbonyl (C=O) groups excluding carboxylic acids is 1. The van der Waals surface area contributed by atoms with Crippen molar-refractivity contribution in [1.29, 1.82) is 0 Å². The van der Waals surface area contributed by atoms with Gasteiger partial charge in [0.2, 0.25) is 0 Å². The lowest BCUT2D eigenvalue weighted by molar-refractivity contribution is 0.0659. The fourth-order valence-electron chi connectivity index (χ4n) is 3.48. The van der Waals surface area contributed by atoms with Crippen LogP contribution < -0.4 is 0 Å². The highest BCUT2D eigenvalue weighted by Gasteiger charge is 2.25. The predicted molar refractivity (Wildman–Crippen MR) is 94.4 cm³/mol. The van der Waals surface area contributed by atoms with Crippen LogP contribution >= 0.6 is 0 Å². The first-order valence-corrected chi connectivity index (χ1v) is 8.65. The molecular formula is C19H21N5O. The van der Waals surface area contributed by atoms with E-state index in [1.807, 2.05) is 62.9 Å². The van der Waals surface area contributed by atoms with Gasteiger partial charge in [-0.2, -0.15) is 5.10 Å². The van der Waals surface area contributed by atoms with E-state index in [1.165, 1.54) is 0 Å². The van der Waals surface area contributed by atoms with Gasteiger partial charge in [0.1, 0.15) is 12.7 Å². The molecule has 1 amide bonds. The Morgan fingerprint density at radius 1 is 1.20 bits per heavy atom. The van der Waals surface area contributed by atoms with Gasteiger partial charge >= 0.3 is 0 Å². The number of hydrogen-bond donors (Lipinski definition) is 0. The van der Waals surface area contributed by atoms with Gasteiger partial charge < -0.3 is 9.47 Å². The highest BCUT2D eigenvalue weighted by atomic mass is 16.2. The SMILES string of the molecule is O=C(c1cccc(-n2cccc2)c1)N1CCCC(Cn2cncn2)C1. The first kappa shape index (κ1) is 15.6. The molecule has 1 atom stereocenters. The van der Waals surface area contributed by atoms with Crippen molar-refractivity contribution in [3.8, 4) is 5.69 Å². The summed E-state index contributed by atoms with van der Waals surface area (Å²) in [5, 5.41) is 4.18. The van der Waals surface area contributed by atoms with Gasteiger partial charge in [-0.3, -0.25) is 9.48 Å². The molecule has 128 valence electrons. The highest BCUT2D eigenvalue weighted by Crippen LogP contribution is 2.21. The van der Waals surface area contributed by atoms with Crippen LogP contribution in [0.25, 0.3) is 5.69 Å². The number of benzene rings is 1. The van der Waals surface area contributed by atoms with Gasteiger partial charge in [-0.25, -0.2) is 4.98 Å². The fraction of sp³-hybridized carbons (Fsp3) is 0.316. The lowest BCUT2D eigenvalue weighted by Gasteiger charge is -2.32. The minimum absolute atomic E-state index is 0.109. The average Bonchev–Trinajstić information content (AvgIpc) is 3.35. The molecular weight excluding hydrogens is 314 g/mol. The van der Waals surface area contributed by atoms with Gasteiger partial charge in [0.25, 0.3) is 5.91 Å². The van der Waals surface area contributed by atoms with Gasteiger partial charge in [0.05, 0.1) is 0 Å². The third-order valence-electron chi connectivity index (χ3n) is 4.71. The van der Waals surface area contributed by atoms with Crippen molar-refractivity contribution >= 4 is 5.91 Å². The van der Waals surface area contributed by atoms with Crippen LogP contribution in [0.15, 0.2) is 61.4 Å². The van der Waals surface area contributed by atoms with Crippen LogP contribution in [-0.4, -0.2) is 43.2 Å². The Morgan fingerprint density at radius 2 is 2.08 bits per heavy atom. The van der Waals surface area contributed by atoms with Crippen LogP contribution in [0.4, 0.5) is 0 Å². The molecule has 3 heterocycles. The largest absolute Gasteiger partial charge is 0.338 e. The first-order chi connectivity index (χ1) is 12.3. The Morgan fingerprint density at radius 3 is 2.88 bits per heavy atom. The topological polar surface area (TPSA) is 56.0 Å². The van der Waals surface area contributed by atoms with Gasteiger partial charge in [-0.1, -0.05) is 6.07 Å². The highest BCUT2D eigenvalue weighted by molar-refractivity contribution is 5.94. The van der Waals surface area contributed by atoms with Crippen LogP contribution in [0.2, 0.25) is 0 Å². The minimum Gasteiger partial charge on any atom is -0.338 e. The van der Waals surface area contributed by atoms with Gasteiger partial charge in [-0.05, 0) is 49.1 Å². The molecule has 1 aliphatic heterocycles. The molecule has 25 heavy (non-hydrogen) atoms. The van der Waals surface area contributed by atoms with Gasteiger partial charge in [0, 0.05) is 43.3 Å². The van der Waals surface area contributed by atoms with Crippen LogP contribution in [0.5, 0.6) is 0 Å². The maximum atomic E-state index is 13.0. The molecule has 0 radical (unpaired) electrons. The van der Waals surface area contributed by atoms with Crippen molar-refractivity contribution in [3.05, 3.63) is 67.0 Å². The summed E-state index contributed by atoms with van der Waals surface area (Å²) in [6.45, 7) is 2.40. The molecule has 0 spiro atoms. The molecule has 0 aliphatic carbocycles. The van der Waals surface area contributed by atoms with Crippen molar-refractivity contribution in [2.45, 2.75) is 19.4 Å². The Bertz CT molecular complexity index is 825. The lowest BCUT2D eigenvalue weighted by atomic mass is 9.97. The number of likely N-dealkylation sites (tertiary alicyclic amines) is 1. The maximum Gasteiger partial charge on any atom is 0.253 e. The molecule has 0 saturated carbocycles. The second-order valence-corrected chi connectivity index (χ2v) is 6.52. The van der Waals surface area contributed by atoms with Crippen molar-refractivity contribution in [3.63, 3.8) is 0 Å². The number of piperidine rings is 1. The first-order valence-electron chi connectivity index (χ1n) is 8.65. The molecule has 1 aliphatic rings. The third-order valence-corrected chi connectivity index (χ3v) is 4.71. The number of nitrogens with zero attached hydrogens (tertiary/aromatic N) is 5. The van der Waals surface area contributed by atoms with Gasteiger partial charge in [-0.15, -0.1) is 0 Å². The van der Waals surface area contributed by atoms with E-state index in [0.29, 0.717) is 5.92 Å². The van der Waals surface area contributed by atoms with Crippen molar-refractivity contribution in [2.24, 2.45) is 5.92 Å². The Balaban J connectivity index is 1.47. The summed E-state index contributed by atoms with van der Waals surface area (Å²) in [6.07, 6.45) is 9.41. The third kappa shape index (κ3) is 3.47. The molecule has 2 aromatic heterocycles. The van der Waals surface area contributed by atoms with E-state index in [1.54, 1.807) is 12.7 Å². The number of carbonyl (C=O) groups is 1. The van der Waals surface area contributed by atoms with Gasteiger partial charge in [0.15, 0.2) is 0 Å². The maximum absolute atomic E-state index is 13.0. The second-order valence-electron chi connectivity index (χ2n) is 6.52. The molecule has 1 unspecified atom stereocenters. The number of hydrogen-bond acceptors (Lipinski definition) is 3. The molecule has 1 aromatic carbocycles. The van der Waals surface area contributed by atoms with E-state index >= 15 is 0 Å². The molecule has 6 heteroatoms. The zero-order valence-corrected chi connectivity index (χ0v) is 14.0. The van der Waals surface area contributed by atoms with Crippen molar-refractivity contribution in [1.82, 2.24) is 24.2 Å². The number of rotatable bonds is 4. The monoisotopic (exact) mass is 335 g/mol. The zero-order chi connectivity index (χ0) is 17.1. The molecule has 1 fully saturated rings. The Hall–Kier alpha value is -2.89. The van der Waals surface area contributed by atoms with Crippen molar-refractivity contribution in [2.75, 3.05) is 13.1 Å². The van der Waals surface area contributed by atoms with E-state index in [9.17, 15) is 4.79 Å². The Labute approximate surface area is 146 Å². The standard InChI is InChI=1S/C19H21N5O/c25-19(17-6-3-7-18(11-17)22-8-1-2-9-22)23-10-4-5-16(12-23)13-24-15-20-14-21-24/h1-3,6-9,11,14-16H,4-5,10,12-13H2. The minimum atomic E-state index is 0.109. The smallest absolute Gasteiger partial charge is 0.253 e. The summed E-state index contributed by atoms with van der Waals surface area (Å²) in [5.74, 6) is 0.532. The summed E-state index contributed by atoms with van der Waals surface area (Å²) in [5.41, 5.74) is 1.75. The molecule has 3 aromatic rings. The van der Waals surface area contributed by atoms with Crippen LogP contribution in [0.1, 0.15) is 23.2 Å². The fourth-order valence-corrected chi connectivity index (χ4v) is 3.48. The second kappa shape index (κ2) is 6.93. The van der Waals surface area contributed by atoms with E-state index in [4.69, 9.17) is 0 Å². The van der Waals surface area contributed by atoms with E-state index in [-0.39, 0.29) is 5.91 Å². The predicted octanol–water partition coefficient (Wildman–Crippen LogP) is 2.62. The lowest BCUT2D eigenvalue weighted by Crippen LogP contribution is -2.41. The molecule has 4 rings (SSSR count). The summed E-state index contributed by atoms with van der Waals surface area (Å²) in [4.78, 5) is 18.9. The van der Waals surface area contributed by atoms with Crippen LogP contribution in [-0.2, 0) is 6.54 Å². The summed E-state index contributed by atoms with van der Waals surface area (Å²) in [6, 6.07) is 11.8. The quantitative estimate of drug-likeness (QED) is 0.736. The number of aromatic nitrogens is 4. The van der Waals surface area contributed by atoms with Crippen LogP contribution in [0, 0.1) is 5.92 Å². The van der Waals surface area contributed by atoms with E-state index in [0.717, 1.165) is 43.7 Å². The van der Waals surface area contributed by atoms with Crippen LogP contribution in [0.3, 0.4) is 0 Å². The van der Waals surface area contributed by atoms with E-state index in [2.05, 4.69) is 10.1 Å². The number of amides is 1. The van der Waals surface area contributed by atoms with Crippen molar-refractivity contribution < 1.29 is 4.79 Å². The normalized spacial score (nSPS) is 17.6. The van der Waals surface area contributed by atoms with E-state index < -0.39 is 0 Å². The molecule has 6 nitrogen and oxygen atoms in total.